The lowest BCUT2D eigenvalue weighted by atomic mass is 10.2. The van der Waals surface area contributed by atoms with Crippen molar-refractivity contribution in [3.63, 3.8) is 0 Å². The van der Waals surface area contributed by atoms with Crippen molar-refractivity contribution in [2.24, 2.45) is 0 Å². The average Bonchev–Trinajstić information content (AvgIpc) is 2.71. The fourth-order valence-corrected chi connectivity index (χ4v) is 2.31. The number of nitrogens with two attached hydrogens (primary N) is 1. The van der Waals surface area contributed by atoms with Crippen LogP contribution in [0.1, 0.15) is 12.5 Å². The third kappa shape index (κ3) is 1.67. The van der Waals surface area contributed by atoms with Crippen molar-refractivity contribution in [3.05, 3.63) is 11.8 Å². The zero-order chi connectivity index (χ0) is 12.7. The number of fused-ring (bicyclic) bond motifs is 1. The molecule has 0 saturated carbocycles. The van der Waals surface area contributed by atoms with Crippen LogP contribution in [-0.2, 0) is 0 Å². The highest BCUT2D eigenvalue weighted by molar-refractivity contribution is 5.54. The zero-order valence-corrected chi connectivity index (χ0v) is 10.6. The molecule has 0 amide bonds. The molecule has 0 spiro atoms. The Bertz CT molecular complexity index is 576. The molecule has 3 rings (SSSR count). The van der Waals surface area contributed by atoms with E-state index in [0.717, 1.165) is 36.8 Å². The van der Waals surface area contributed by atoms with Crippen LogP contribution in [0.25, 0.3) is 5.65 Å². The number of hydrogen-bond acceptors (Lipinski definition) is 6. The number of rotatable bonds is 1. The Kier molecular flexibility index (Phi) is 2.55. The summed E-state index contributed by atoms with van der Waals surface area (Å²) in [6.45, 7) is 6.90. The molecule has 2 aromatic heterocycles. The number of nitrogen functional groups attached to an aromatic ring is 1. The standard InChI is InChI=1S/C11H17N7/c1-7-5-14-18-9(7)15-10(12)16-11(18)17-4-3-13-6-8(17)2/h5,8,13H,3-4,6H2,1-2H3,(H2,12,15)/t8-/m0/s1. The highest BCUT2D eigenvalue weighted by Crippen LogP contribution is 2.19. The quantitative estimate of drug-likeness (QED) is 0.727. The number of hydrogen-bond donors (Lipinski definition) is 2. The normalized spacial score (nSPS) is 20.6. The van der Waals surface area contributed by atoms with E-state index >= 15 is 0 Å². The van der Waals surface area contributed by atoms with E-state index in [0.29, 0.717) is 12.0 Å². The second kappa shape index (κ2) is 4.09. The van der Waals surface area contributed by atoms with E-state index < -0.39 is 0 Å². The number of nitrogens with zero attached hydrogens (tertiary/aromatic N) is 5. The first-order chi connectivity index (χ1) is 8.66. The third-order valence-corrected chi connectivity index (χ3v) is 3.30. The van der Waals surface area contributed by atoms with E-state index in [4.69, 9.17) is 5.73 Å². The molecule has 0 radical (unpaired) electrons. The molecule has 0 bridgehead atoms. The average molecular weight is 247 g/mol. The molecule has 2 aromatic rings. The first-order valence-corrected chi connectivity index (χ1v) is 6.12. The molecular formula is C11H17N7. The molecular weight excluding hydrogens is 230 g/mol. The third-order valence-electron chi connectivity index (χ3n) is 3.30. The van der Waals surface area contributed by atoms with Crippen molar-refractivity contribution in [3.8, 4) is 0 Å². The molecule has 3 heterocycles. The topological polar surface area (TPSA) is 84.4 Å². The van der Waals surface area contributed by atoms with Crippen molar-refractivity contribution >= 4 is 17.5 Å². The van der Waals surface area contributed by atoms with Crippen molar-refractivity contribution < 1.29 is 0 Å². The number of piperazine rings is 1. The summed E-state index contributed by atoms with van der Waals surface area (Å²) in [5.74, 6) is 1.08. The van der Waals surface area contributed by atoms with Gasteiger partial charge in [-0.25, -0.2) is 0 Å². The van der Waals surface area contributed by atoms with Crippen LogP contribution >= 0.6 is 0 Å². The Hall–Kier alpha value is -1.89. The van der Waals surface area contributed by atoms with Gasteiger partial charge in [0.05, 0.1) is 6.20 Å². The second-order valence-corrected chi connectivity index (χ2v) is 4.69. The van der Waals surface area contributed by atoms with E-state index in [1.165, 1.54) is 0 Å². The van der Waals surface area contributed by atoms with E-state index in [2.05, 4.69) is 32.2 Å². The first kappa shape index (κ1) is 11.2. The van der Waals surface area contributed by atoms with E-state index in [-0.39, 0.29) is 0 Å². The molecule has 18 heavy (non-hydrogen) atoms. The van der Waals surface area contributed by atoms with Crippen molar-refractivity contribution in [1.82, 2.24) is 24.9 Å². The summed E-state index contributed by atoms with van der Waals surface area (Å²) in [5.41, 5.74) is 7.59. The van der Waals surface area contributed by atoms with Crippen molar-refractivity contribution in [2.45, 2.75) is 19.9 Å². The van der Waals surface area contributed by atoms with Crippen LogP contribution in [0.5, 0.6) is 0 Å². The Morgan fingerprint density at radius 2 is 2.28 bits per heavy atom. The van der Waals surface area contributed by atoms with E-state index in [9.17, 15) is 0 Å². The molecule has 0 aliphatic carbocycles. The Morgan fingerprint density at radius 1 is 1.44 bits per heavy atom. The van der Waals surface area contributed by atoms with Crippen LogP contribution in [-0.4, -0.2) is 45.3 Å². The van der Waals surface area contributed by atoms with Gasteiger partial charge in [0.25, 0.3) is 0 Å². The SMILES string of the molecule is Cc1cnn2c(N3CCNC[C@@H]3C)nc(N)nc12. The molecule has 96 valence electrons. The van der Waals surface area contributed by atoms with Gasteiger partial charge in [-0.3, -0.25) is 0 Å². The maximum absolute atomic E-state index is 5.80. The Balaban J connectivity index is 2.15. The van der Waals surface area contributed by atoms with Gasteiger partial charge in [0.2, 0.25) is 11.9 Å². The van der Waals surface area contributed by atoms with Crippen molar-refractivity contribution in [2.75, 3.05) is 30.3 Å². The van der Waals surface area contributed by atoms with E-state index in [1.807, 2.05) is 6.92 Å². The lowest BCUT2D eigenvalue weighted by molar-refractivity contribution is 0.488. The molecule has 1 aliphatic heterocycles. The summed E-state index contributed by atoms with van der Waals surface area (Å²) >= 11 is 0. The monoisotopic (exact) mass is 247 g/mol. The molecule has 1 aliphatic rings. The van der Waals surface area contributed by atoms with Gasteiger partial charge in [-0.1, -0.05) is 0 Å². The smallest absolute Gasteiger partial charge is 0.232 e. The summed E-state index contributed by atoms with van der Waals surface area (Å²) in [6.07, 6.45) is 1.79. The molecule has 1 fully saturated rings. The van der Waals surface area contributed by atoms with Crippen LogP contribution in [0.15, 0.2) is 6.20 Å². The van der Waals surface area contributed by atoms with Crippen LogP contribution in [0.3, 0.4) is 0 Å². The van der Waals surface area contributed by atoms with Gasteiger partial charge >= 0.3 is 0 Å². The molecule has 0 unspecified atom stereocenters. The van der Waals surface area contributed by atoms with Gasteiger partial charge in [0.1, 0.15) is 0 Å². The van der Waals surface area contributed by atoms with Gasteiger partial charge in [-0.2, -0.15) is 19.6 Å². The van der Waals surface area contributed by atoms with Gasteiger partial charge in [-0.15, -0.1) is 0 Å². The lowest BCUT2D eigenvalue weighted by Crippen LogP contribution is -2.51. The fraction of sp³-hybridized carbons (Fsp3) is 0.545. The minimum Gasteiger partial charge on any atom is -0.368 e. The Labute approximate surface area is 105 Å². The van der Waals surface area contributed by atoms with Gasteiger partial charge in [0, 0.05) is 31.2 Å². The highest BCUT2D eigenvalue weighted by atomic mass is 15.4. The predicted molar refractivity (Wildman–Crippen MR) is 69.6 cm³/mol. The van der Waals surface area contributed by atoms with Crippen LogP contribution < -0.4 is 16.0 Å². The maximum Gasteiger partial charge on any atom is 0.232 e. The second-order valence-electron chi connectivity index (χ2n) is 4.69. The van der Waals surface area contributed by atoms with Gasteiger partial charge in [-0.05, 0) is 13.8 Å². The predicted octanol–water partition coefficient (Wildman–Crippen LogP) is -0.187. The van der Waals surface area contributed by atoms with Gasteiger partial charge < -0.3 is 16.0 Å². The largest absolute Gasteiger partial charge is 0.368 e. The summed E-state index contributed by atoms with van der Waals surface area (Å²) in [6, 6.07) is 0.362. The van der Waals surface area contributed by atoms with E-state index in [1.54, 1.807) is 10.7 Å². The van der Waals surface area contributed by atoms with Gasteiger partial charge in [0.15, 0.2) is 5.65 Å². The number of nitrogens with one attached hydrogen (secondary N) is 1. The van der Waals surface area contributed by atoms with Crippen LogP contribution in [0.4, 0.5) is 11.9 Å². The number of anilines is 2. The molecule has 1 atom stereocenters. The molecule has 0 aromatic carbocycles. The summed E-state index contributed by atoms with van der Waals surface area (Å²) in [5, 5.41) is 7.70. The first-order valence-electron chi connectivity index (χ1n) is 6.12. The maximum atomic E-state index is 5.80. The minimum absolute atomic E-state index is 0.298. The summed E-state index contributed by atoms with van der Waals surface area (Å²) < 4.78 is 1.77. The zero-order valence-electron chi connectivity index (χ0n) is 10.6. The lowest BCUT2D eigenvalue weighted by Gasteiger charge is -2.34. The summed E-state index contributed by atoms with van der Waals surface area (Å²) in [4.78, 5) is 10.8. The molecule has 7 nitrogen and oxygen atoms in total. The minimum atomic E-state index is 0.298. The number of aryl methyl sites for hydroxylation is 1. The van der Waals surface area contributed by atoms with Crippen LogP contribution in [0, 0.1) is 6.92 Å². The van der Waals surface area contributed by atoms with Crippen molar-refractivity contribution in [1.29, 1.82) is 0 Å². The van der Waals surface area contributed by atoms with Crippen LogP contribution in [0.2, 0.25) is 0 Å². The molecule has 1 saturated heterocycles. The molecule has 3 N–H and O–H groups in total. The fourth-order valence-electron chi connectivity index (χ4n) is 2.31. The molecule has 7 heteroatoms. The number of aromatic nitrogens is 4. The highest BCUT2D eigenvalue weighted by Gasteiger charge is 2.23. The summed E-state index contributed by atoms with van der Waals surface area (Å²) in [7, 11) is 0. The Morgan fingerprint density at radius 3 is 3.06 bits per heavy atom.